The molecular formula is C13H23ClSi. The molecule has 3 unspecified atom stereocenters. The van der Waals surface area contributed by atoms with E-state index < -0.39 is 7.38 Å². The highest BCUT2D eigenvalue weighted by Gasteiger charge is 2.48. The molecule has 0 N–H and O–H groups in total. The van der Waals surface area contributed by atoms with Gasteiger partial charge in [-0.1, -0.05) is 38.8 Å². The average Bonchev–Trinajstić information content (AvgIpc) is 2.79. The lowest BCUT2D eigenvalue weighted by atomic mass is 10.1. The maximum atomic E-state index is 7.04. The van der Waals surface area contributed by atoms with Crippen LogP contribution in [-0.2, 0) is 0 Å². The molecule has 0 aromatic carbocycles. The van der Waals surface area contributed by atoms with Crippen LogP contribution in [0.25, 0.3) is 0 Å². The van der Waals surface area contributed by atoms with Gasteiger partial charge < -0.3 is 0 Å². The Morgan fingerprint density at radius 3 is 2.20 bits per heavy atom. The maximum absolute atomic E-state index is 7.04. The molecule has 2 aliphatic carbocycles. The molecule has 0 spiro atoms. The molecule has 0 radical (unpaired) electrons. The summed E-state index contributed by atoms with van der Waals surface area (Å²) in [5.41, 5.74) is 0.897. The van der Waals surface area contributed by atoms with E-state index in [1.54, 1.807) is 0 Å². The number of halogens is 1. The highest BCUT2D eigenvalue weighted by atomic mass is 35.6. The van der Waals surface area contributed by atoms with Crippen LogP contribution >= 0.6 is 11.1 Å². The molecule has 0 nitrogen and oxygen atoms in total. The van der Waals surface area contributed by atoms with E-state index in [1.165, 1.54) is 37.8 Å². The molecule has 0 saturated heterocycles. The van der Waals surface area contributed by atoms with Crippen LogP contribution in [0.4, 0.5) is 0 Å². The van der Waals surface area contributed by atoms with E-state index in [1.807, 2.05) is 0 Å². The van der Waals surface area contributed by atoms with E-state index in [0.29, 0.717) is 0 Å². The molecule has 1 saturated carbocycles. The molecule has 0 heterocycles. The van der Waals surface area contributed by atoms with Crippen molar-refractivity contribution in [2.24, 2.45) is 11.8 Å². The van der Waals surface area contributed by atoms with Gasteiger partial charge in [0, 0.05) is 0 Å². The minimum Gasteiger partial charge on any atom is -0.167 e. The first-order chi connectivity index (χ1) is 7.19. The van der Waals surface area contributed by atoms with Crippen molar-refractivity contribution in [3.63, 3.8) is 0 Å². The van der Waals surface area contributed by atoms with Gasteiger partial charge in [0.1, 0.15) is 0 Å². The summed E-state index contributed by atoms with van der Waals surface area (Å²) in [5.74, 6) is 1.75. The Balaban J connectivity index is 2.08. The van der Waals surface area contributed by atoms with Crippen molar-refractivity contribution in [2.45, 2.75) is 57.2 Å². The van der Waals surface area contributed by atoms with Gasteiger partial charge in [0.2, 0.25) is 0 Å². The van der Waals surface area contributed by atoms with Crippen molar-refractivity contribution >= 4 is 18.5 Å². The van der Waals surface area contributed by atoms with E-state index in [2.05, 4.69) is 26.0 Å². The van der Waals surface area contributed by atoms with Crippen LogP contribution in [0, 0.1) is 11.8 Å². The Morgan fingerprint density at radius 1 is 1.13 bits per heavy atom. The van der Waals surface area contributed by atoms with Gasteiger partial charge in [-0.25, -0.2) is 0 Å². The van der Waals surface area contributed by atoms with E-state index >= 15 is 0 Å². The number of hydrogen-bond donors (Lipinski definition) is 0. The second kappa shape index (κ2) is 4.63. The summed E-state index contributed by atoms with van der Waals surface area (Å²) in [6, 6.07) is 2.67. The molecule has 2 bridgehead atoms. The molecule has 3 atom stereocenters. The normalized spacial score (nSPS) is 33.9. The van der Waals surface area contributed by atoms with Crippen LogP contribution in [0.2, 0.25) is 17.6 Å². The number of rotatable bonds is 5. The summed E-state index contributed by atoms with van der Waals surface area (Å²) in [6.45, 7) is 4.59. The molecule has 0 aromatic rings. The van der Waals surface area contributed by atoms with Crippen LogP contribution in [0.1, 0.15) is 39.5 Å². The minimum absolute atomic E-state index is 0.859. The average molecular weight is 243 g/mol. The Labute approximate surface area is 99.8 Å². The first-order valence-corrected chi connectivity index (χ1v) is 10.1. The number of fused-ring (bicyclic) bond motifs is 2. The smallest absolute Gasteiger partial charge is 0.160 e. The van der Waals surface area contributed by atoms with Crippen LogP contribution in [0.15, 0.2) is 12.2 Å². The summed E-state index contributed by atoms with van der Waals surface area (Å²) in [4.78, 5) is 0. The minimum atomic E-state index is -1.45. The molecule has 0 amide bonds. The van der Waals surface area contributed by atoms with Crippen LogP contribution in [-0.4, -0.2) is 7.38 Å². The molecule has 86 valence electrons. The zero-order chi connectivity index (χ0) is 10.9. The standard InChI is InChI=1S/C13H23ClSi/c1-3-7-15(14,8-4-2)13-10-11-5-6-12(13)9-11/h5-6,11-13H,3-4,7-10H2,1-2H3. The molecule has 0 aromatic heterocycles. The molecule has 0 aliphatic heterocycles. The van der Waals surface area contributed by atoms with E-state index in [9.17, 15) is 0 Å². The molecule has 15 heavy (non-hydrogen) atoms. The van der Waals surface area contributed by atoms with Crippen molar-refractivity contribution < 1.29 is 0 Å². The number of allylic oxidation sites excluding steroid dienone is 2. The van der Waals surface area contributed by atoms with Crippen molar-refractivity contribution in [2.75, 3.05) is 0 Å². The predicted octanol–water partition coefficient (Wildman–Crippen LogP) is 4.96. The fourth-order valence-electron chi connectivity index (χ4n) is 3.70. The van der Waals surface area contributed by atoms with Gasteiger partial charge >= 0.3 is 0 Å². The molecule has 2 rings (SSSR count). The van der Waals surface area contributed by atoms with Gasteiger partial charge in [0.15, 0.2) is 7.38 Å². The zero-order valence-corrected chi connectivity index (χ0v) is 11.8. The van der Waals surface area contributed by atoms with E-state index in [4.69, 9.17) is 11.1 Å². The lowest BCUT2D eigenvalue weighted by molar-refractivity contribution is 0.667. The Morgan fingerprint density at radius 2 is 1.80 bits per heavy atom. The fourth-order valence-corrected chi connectivity index (χ4v) is 9.98. The third kappa shape index (κ3) is 2.19. The summed E-state index contributed by atoms with van der Waals surface area (Å²) in [5, 5.41) is 0. The van der Waals surface area contributed by atoms with Gasteiger partial charge in [-0.05, 0) is 42.3 Å². The summed E-state index contributed by atoms with van der Waals surface area (Å²) in [7, 11) is -1.45. The van der Waals surface area contributed by atoms with Crippen LogP contribution in [0.3, 0.4) is 0 Å². The molecule has 1 fully saturated rings. The first kappa shape index (κ1) is 11.7. The van der Waals surface area contributed by atoms with Gasteiger partial charge in [0.05, 0.1) is 0 Å². The van der Waals surface area contributed by atoms with Crippen LogP contribution in [0.5, 0.6) is 0 Å². The fraction of sp³-hybridized carbons (Fsp3) is 0.846. The van der Waals surface area contributed by atoms with Crippen molar-refractivity contribution in [3.05, 3.63) is 12.2 Å². The lowest BCUT2D eigenvalue weighted by Gasteiger charge is -2.34. The zero-order valence-electron chi connectivity index (χ0n) is 10.0. The van der Waals surface area contributed by atoms with E-state index in [-0.39, 0.29) is 0 Å². The van der Waals surface area contributed by atoms with E-state index in [0.717, 1.165) is 17.4 Å². The topological polar surface area (TPSA) is 0 Å². The molecular weight excluding hydrogens is 220 g/mol. The lowest BCUT2D eigenvalue weighted by Crippen LogP contribution is -2.35. The van der Waals surface area contributed by atoms with Crippen molar-refractivity contribution in [1.82, 2.24) is 0 Å². The maximum Gasteiger partial charge on any atom is 0.160 e. The highest BCUT2D eigenvalue weighted by Crippen LogP contribution is 2.55. The van der Waals surface area contributed by atoms with Crippen molar-refractivity contribution in [1.29, 1.82) is 0 Å². The largest absolute Gasteiger partial charge is 0.167 e. The van der Waals surface area contributed by atoms with Gasteiger partial charge in [0.25, 0.3) is 0 Å². The monoisotopic (exact) mass is 242 g/mol. The van der Waals surface area contributed by atoms with Gasteiger partial charge in [-0.15, -0.1) is 0 Å². The van der Waals surface area contributed by atoms with Gasteiger partial charge in [-0.2, -0.15) is 11.1 Å². The second-order valence-corrected chi connectivity index (χ2v) is 11.5. The van der Waals surface area contributed by atoms with Crippen LogP contribution < -0.4 is 0 Å². The predicted molar refractivity (Wildman–Crippen MR) is 70.9 cm³/mol. The highest BCUT2D eigenvalue weighted by molar-refractivity contribution is 7.21. The Bertz CT molecular complexity index is 243. The third-order valence-corrected chi connectivity index (χ3v) is 10.9. The Hall–Kier alpha value is 0.247. The molecule has 2 aliphatic rings. The summed E-state index contributed by atoms with van der Waals surface area (Å²) < 4.78 is 0. The summed E-state index contributed by atoms with van der Waals surface area (Å²) >= 11 is 7.04. The SMILES string of the molecule is CCC[Si](Cl)(CCC)C1CC2C=CC1C2. The summed E-state index contributed by atoms with van der Waals surface area (Å²) in [6.07, 6.45) is 10.3. The third-order valence-electron chi connectivity index (χ3n) is 4.27. The molecule has 2 heteroatoms. The number of hydrogen-bond acceptors (Lipinski definition) is 0. The first-order valence-electron chi connectivity index (χ1n) is 6.57. The quantitative estimate of drug-likeness (QED) is 0.363. The van der Waals surface area contributed by atoms with Gasteiger partial charge in [-0.3, -0.25) is 0 Å². The Kier molecular flexibility index (Phi) is 3.62. The van der Waals surface area contributed by atoms with Crippen molar-refractivity contribution in [3.8, 4) is 0 Å². The second-order valence-electron chi connectivity index (χ2n) is 5.42.